The summed E-state index contributed by atoms with van der Waals surface area (Å²) in [7, 11) is 0. The van der Waals surface area contributed by atoms with Crippen molar-refractivity contribution < 1.29 is 33.4 Å². The van der Waals surface area contributed by atoms with Crippen LogP contribution in [-0.2, 0) is 25.5 Å². The lowest BCUT2D eigenvalue weighted by Crippen LogP contribution is -2.46. The Balaban J connectivity index is 1.91. The van der Waals surface area contributed by atoms with E-state index in [1.807, 2.05) is 27.7 Å². The topological polar surface area (TPSA) is 139 Å². The zero-order valence-corrected chi connectivity index (χ0v) is 24.0. The molecule has 1 aromatic heterocycles. The van der Waals surface area contributed by atoms with Crippen LogP contribution in [0.1, 0.15) is 70.3 Å². The lowest BCUT2D eigenvalue weighted by molar-refractivity contribution is -0.159. The Morgan fingerprint density at radius 3 is 2.65 bits per heavy atom. The third-order valence-electron chi connectivity index (χ3n) is 7.31. The van der Waals surface area contributed by atoms with Gasteiger partial charge in [0.1, 0.15) is 24.2 Å². The number of ether oxygens (including phenoxy) is 1. The van der Waals surface area contributed by atoms with E-state index in [-0.39, 0.29) is 60.4 Å². The van der Waals surface area contributed by atoms with Crippen LogP contribution in [0, 0.1) is 17.8 Å². The molecular formula is C30H41N3O7. The van der Waals surface area contributed by atoms with Gasteiger partial charge in [0.25, 0.3) is 5.91 Å². The molecule has 40 heavy (non-hydrogen) atoms. The molecular weight excluding hydrogens is 514 g/mol. The molecule has 2 aliphatic heterocycles. The van der Waals surface area contributed by atoms with E-state index >= 15 is 0 Å². The molecule has 2 bridgehead atoms. The van der Waals surface area contributed by atoms with E-state index in [0.29, 0.717) is 19.4 Å². The monoisotopic (exact) mass is 555 g/mol. The number of hydrogen-bond acceptors (Lipinski definition) is 8. The molecule has 10 nitrogen and oxygen atoms in total. The summed E-state index contributed by atoms with van der Waals surface area (Å²) in [5.41, 5.74) is 0.744. The molecule has 0 spiro atoms. The highest BCUT2D eigenvalue weighted by Gasteiger charge is 2.44. The summed E-state index contributed by atoms with van der Waals surface area (Å²) in [6, 6.07) is -0.779. The predicted octanol–water partition coefficient (Wildman–Crippen LogP) is 3.17. The smallest absolute Gasteiger partial charge is 0.329 e. The number of aliphatic hydroxyl groups excluding tert-OH is 1. The number of aromatic nitrogens is 1. The Kier molecular flexibility index (Phi) is 11.0. The minimum Gasteiger partial charge on any atom is -0.460 e. The van der Waals surface area contributed by atoms with Crippen LogP contribution in [0.5, 0.6) is 0 Å². The molecule has 218 valence electrons. The van der Waals surface area contributed by atoms with Gasteiger partial charge in [0.2, 0.25) is 11.8 Å². The molecule has 2 aliphatic rings. The number of nitrogens with one attached hydrogen (secondary N) is 1. The minimum absolute atomic E-state index is 0.0138. The molecule has 3 rings (SSSR count). The summed E-state index contributed by atoms with van der Waals surface area (Å²) in [5, 5.41) is 13.1. The Morgan fingerprint density at radius 2 is 1.95 bits per heavy atom. The number of nitrogens with zero attached hydrogens (tertiary/aromatic N) is 2. The van der Waals surface area contributed by atoms with Gasteiger partial charge >= 0.3 is 5.97 Å². The molecule has 1 fully saturated rings. The average Bonchev–Trinajstić information content (AvgIpc) is 3.54. The highest BCUT2D eigenvalue weighted by molar-refractivity contribution is 5.95. The van der Waals surface area contributed by atoms with Crippen molar-refractivity contribution >= 4 is 23.6 Å². The van der Waals surface area contributed by atoms with Crippen LogP contribution in [0.3, 0.4) is 0 Å². The Bertz CT molecular complexity index is 1170. The standard InChI is InChI=1S/C30H41N3O7/c1-6-21-11-13-33-27(21)30(38)40-28(18(2)3)20(5)9-10-25(36)31-12-7-8-19(4)14-22(34)15-23(35)16-26-32-24(17-39-26)29(33)37/h7-10,14,17-18,20-22,27-28,34H,6,11-13,15-16H2,1-5H3,(H,31,36)/b8-7-,10-9-,19-14-/t20-,21?,22?,27?,28-/m1/s1. The van der Waals surface area contributed by atoms with E-state index in [0.717, 1.165) is 5.57 Å². The molecule has 1 saturated heterocycles. The van der Waals surface area contributed by atoms with E-state index in [2.05, 4.69) is 10.3 Å². The van der Waals surface area contributed by atoms with Crippen molar-refractivity contribution in [2.75, 3.05) is 13.1 Å². The van der Waals surface area contributed by atoms with Gasteiger partial charge in [0, 0.05) is 25.4 Å². The average molecular weight is 556 g/mol. The Labute approximate surface area is 235 Å². The lowest BCUT2D eigenvalue weighted by Gasteiger charge is -2.31. The summed E-state index contributed by atoms with van der Waals surface area (Å²) in [5.74, 6) is -1.83. The van der Waals surface area contributed by atoms with Gasteiger partial charge in [-0.3, -0.25) is 14.4 Å². The molecule has 5 atom stereocenters. The van der Waals surface area contributed by atoms with Gasteiger partial charge in [-0.05, 0) is 31.3 Å². The Hall–Kier alpha value is -3.53. The van der Waals surface area contributed by atoms with Gasteiger partial charge in [-0.2, -0.15) is 0 Å². The third-order valence-corrected chi connectivity index (χ3v) is 7.31. The fourth-order valence-electron chi connectivity index (χ4n) is 5.23. The van der Waals surface area contributed by atoms with Gasteiger partial charge in [-0.25, -0.2) is 9.78 Å². The summed E-state index contributed by atoms with van der Waals surface area (Å²) in [6.07, 6.45) is 8.88. The fraction of sp³-hybridized carbons (Fsp3) is 0.567. The first-order chi connectivity index (χ1) is 19.0. The highest BCUT2D eigenvalue weighted by Crippen LogP contribution is 2.31. The number of ketones is 1. The van der Waals surface area contributed by atoms with Crippen molar-refractivity contribution in [1.29, 1.82) is 0 Å². The van der Waals surface area contributed by atoms with E-state index in [9.17, 15) is 24.3 Å². The van der Waals surface area contributed by atoms with Crippen molar-refractivity contribution in [2.45, 2.75) is 78.6 Å². The molecule has 2 N–H and O–H groups in total. The van der Waals surface area contributed by atoms with Crippen molar-refractivity contribution in [3.8, 4) is 0 Å². The summed E-state index contributed by atoms with van der Waals surface area (Å²) >= 11 is 0. The van der Waals surface area contributed by atoms with Gasteiger partial charge in [0.05, 0.1) is 12.5 Å². The number of esters is 1. The van der Waals surface area contributed by atoms with Crippen molar-refractivity contribution in [1.82, 2.24) is 15.2 Å². The third kappa shape index (κ3) is 8.24. The first-order valence-corrected chi connectivity index (χ1v) is 14.0. The zero-order valence-electron chi connectivity index (χ0n) is 24.0. The minimum atomic E-state index is -1.01. The number of Topliss-reactive ketones (excluding diaryl/α,β-unsaturated/α-hetero) is 1. The maximum absolute atomic E-state index is 13.5. The molecule has 10 heteroatoms. The number of fused-ring (bicyclic) bond motifs is 3. The number of carbonyl (C=O) groups is 4. The second kappa shape index (κ2) is 14.2. The summed E-state index contributed by atoms with van der Waals surface area (Å²) < 4.78 is 11.4. The molecule has 3 unspecified atom stereocenters. The quantitative estimate of drug-likeness (QED) is 0.531. The number of amides is 2. The molecule has 0 saturated carbocycles. The van der Waals surface area contributed by atoms with E-state index in [4.69, 9.17) is 9.15 Å². The largest absolute Gasteiger partial charge is 0.460 e. The zero-order chi connectivity index (χ0) is 29.4. The predicted molar refractivity (Wildman–Crippen MR) is 148 cm³/mol. The maximum atomic E-state index is 13.5. The molecule has 0 aromatic carbocycles. The first kappa shape index (κ1) is 31.0. The van der Waals surface area contributed by atoms with Gasteiger partial charge in [-0.1, -0.05) is 64.0 Å². The number of aliphatic hydroxyl groups is 1. The SMILES string of the molecule is CCC1CCN2C(=O)c3coc(n3)CC(=O)CC(O)/C=C(C)\C=C/CNC(=O)/C=C\[C@@H](C)[C@@H](C(C)C)OC(=O)C12. The molecule has 0 aliphatic carbocycles. The van der Waals surface area contributed by atoms with Crippen molar-refractivity contribution in [3.63, 3.8) is 0 Å². The number of allylic oxidation sites excluding steroid dienone is 2. The number of hydrogen-bond donors (Lipinski definition) is 2. The van der Waals surface area contributed by atoms with Gasteiger partial charge < -0.3 is 24.5 Å². The van der Waals surface area contributed by atoms with Gasteiger partial charge in [0.15, 0.2) is 5.69 Å². The van der Waals surface area contributed by atoms with Crippen molar-refractivity contribution in [3.05, 3.63) is 53.8 Å². The van der Waals surface area contributed by atoms with E-state index in [1.54, 1.807) is 31.2 Å². The van der Waals surface area contributed by atoms with Crippen LogP contribution >= 0.6 is 0 Å². The maximum Gasteiger partial charge on any atom is 0.329 e. The number of oxazole rings is 1. The van der Waals surface area contributed by atoms with Crippen LogP contribution in [0.2, 0.25) is 0 Å². The molecule has 1 aromatic rings. The fourth-order valence-corrected chi connectivity index (χ4v) is 5.23. The van der Waals surface area contributed by atoms with Crippen LogP contribution in [-0.4, -0.2) is 69.9 Å². The molecule has 0 radical (unpaired) electrons. The van der Waals surface area contributed by atoms with E-state index in [1.165, 1.54) is 17.2 Å². The highest BCUT2D eigenvalue weighted by atomic mass is 16.5. The van der Waals surface area contributed by atoms with Crippen LogP contribution < -0.4 is 5.32 Å². The Morgan fingerprint density at radius 1 is 1.20 bits per heavy atom. The van der Waals surface area contributed by atoms with E-state index < -0.39 is 30.1 Å². The molecule has 2 amide bonds. The lowest BCUT2D eigenvalue weighted by atomic mass is 9.93. The van der Waals surface area contributed by atoms with Crippen LogP contribution in [0.25, 0.3) is 0 Å². The first-order valence-electron chi connectivity index (χ1n) is 14.0. The number of rotatable bonds is 2. The summed E-state index contributed by atoms with van der Waals surface area (Å²) in [4.78, 5) is 57.5. The van der Waals surface area contributed by atoms with Crippen LogP contribution in [0.4, 0.5) is 0 Å². The van der Waals surface area contributed by atoms with Crippen molar-refractivity contribution in [2.24, 2.45) is 17.8 Å². The molecule has 3 heterocycles. The normalized spacial score (nSPS) is 30.7. The summed E-state index contributed by atoms with van der Waals surface area (Å²) in [6.45, 7) is 10.2. The van der Waals surface area contributed by atoms with Gasteiger partial charge in [-0.15, -0.1) is 0 Å². The second-order valence-corrected chi connectivity index (χ2v) is 10.9. The number of cyclic esters (lactones) is 1. The second-order valence-electron chi connectivity index (χ2n) is 10.9. The number of carbonyl (C=O) groups excluding carboxylic acids is 4. The van der Waals surface area contributed by atoms with Crippen LogP contribution in [0.15, 0.2) is 46.6 Å².